The third-order valence-electron chi connectivity index (χ3n) is 6.47. The van der Waals surface area contributed by atoms with Gasteiger partial charge in [-0.15, -0.1) is 51.3 Å². The number of thiophene rings is 4. The molecule has 4 aromatic heterocycles. The van der Waals surface area contributed by atoms with Crippen LogP contribution in [0.15, 0.2) is 66.4 Å². The van der Waals surface area contributed by atoms with Gasteiger partial charge in [0.05, 0.1) is 37.5 Å². The molecule has 38 heavy (non-hydrogen) atoms. The van der Waals surface area contributed by atoms with E-state index in [-0.39, 0.29) is 0 Å². The zero-order valence-corrected chi connectivity index (χ0v) is 29.4. The molecule has 0 atom stereocenters. The minimum absolute atomic E-state index is 1.02. The number of rotatable bonds is 2. The molecule has 0 saturated carbocycles. The average molecular weight is 822 g/mol. The monoisotopic (exact) mass is 818 g/mol. The molecular formula is C30H14Br4S4. The van der Waals surface area contributed by atoms with Gasteiger partial charge in [0, 0.05) is 45.8 Å². The Labute approximate surface area is 269 Å². The van der Waals surface area contributed by atoms with Gasteiger partial charge in [-0.2, -0.15) is 0 Å². The van der Waals surface area contributed by atoms with Crippen molar-refractivity contribution in [3.8, 4) is 32.7 Å². The van der Waals surface area contributed by atoms with Gasteiger partial charge < -0.3 is 0 Å². The molecule has 0 bridgehead atoms. The first-order valence-corrected chi connectivity index (χ1v) is 18.0. The Kier molecular flexibility index (Phi) is 6.69. The predicted octanol–water partition coefficient (Wildman–Crippen LogP) is 13.6. The Morgan fingerprint density at radius 2 is 1.13 bits per heavy atom. The second-order valence-electron chi connectivity index (χ2n) is 8.91. The van der Waals surface area contributed by atoms with E-state index in [2.05, 4.69) is 131 Å². The summed E-state index contributed by atoms with van der Waals surface area (Å²) in [6.45, 7) is 3.99. The lowest BCUT2D eigenvalue weighted by molar-refractivity contribution is 1.45. The summed E-state index contributed by atoms with van der Waals surface area (Å²) in [5.41, 5.74) is 4.70. The van der Waals surface area contributed by atoms with Gasteiger partial charge in [0.15, 0.2) is 0 Å². The standard InChI is InChI=1S/C30H14Br4S4/c1-3-4-14-6-8-16(20(32)10-14)26-24(34)30-28(38-26)18-12-21-17(11-22(18)36-30)27-29(35-21)23(33)25(37-27)15-7-5-13(2)9-19(15)31/h5-12H,1-2H3. The Hall–Kier alpha value is -1.02. The van der Waals surface area contributed by atoms with E-state index in [4.69, 9.17) is 0 Å². The summed E-state index contributed by atoms with van der Waals surface area (Å²) >= 11 is 23.0. The fourth-order valence-corrected chi connectivity index (χ4v) is 13.5. The molecule has 8 heteroatoms. The number of fused-ring (bicyclic) bond motifs is 6. The maximum atomic E-state index is 3.95. The Morgan fingerprint density at radius 1 is 0.605 bits per heavy atom. The van der Waals surface area contributed by atoms with Crippen LogP contribution in [-0.2, 0) is 0 Å². The predicted molar refractivity (Wildman–Crippen MR) is 187 cm³/mol. The maximum absolute atomic E-state index is 3.95. The smallest absolute Gasteiger partial charge is 0.0612 e. The summed E-state index contributed by atoms with van der Waals surface area (Å²) in [6.07, 6.45) is 0. The minimum atomic E-state index is 1.02. The van der Waals surface area contributed by atoms with Gasteiger partial charge in [0.1, 0.15) is 0 Å². The minimum Gasteiger partial charge on any atom is -0.133 e. The fourth-order valence-electron chi connectivity index (χ4n) is 4.70. The first kappa shape index (κ1) is 25.9. The molecule has 0 N–H and O–H groups in total. The average Bonchev–Trinajstić information content (AvgIpc) is 3.59. The largest absolute Gasteiger partial charge is 0.133 e. The molecule has 0 nitrogen and oxygen atoms in total. The third-order valence-corrected chi connectivity index (χ3v) is 15.5. The van der Waals surface area contributed by atoms with Crippen LogP contribution in [0.3, 0.4) is 0 Å². The number of benzene rings is 3. The van der Waals surface area contributed by atoms with Gasteiger partial charge in [0.2, 0.25) is 0 Å². The van der Waals surface area contributed by atoms with Crippen LogP contribution in [0.25, 0.3) is 59.9 Å². The van der Waals surface area contributed by atoms with Crippen LogP contribution < -0.4 is 0 Å². The van der Waals surface area contributed by atoms with Crippen LogP contribution in [0, 0.1) is 18.8 Å². The highest BCUT2D eigenvalue weighted by atomic mass is 79.9. The number of hydrogen-bond donors (Lipinski definition) is 0. The molecule has 7 aromatic rings. The van der Waals surface area contributed by atoms with E-state index >= 15 is 0 Å². The molecule has 0 aliphatic heterocycles. The quantitative estimate of drug-likeness (QED) is 0.152. The first-order chi connectivity index (χ1) is 18.3. The third kappa shape index (κ3) is 4.04. The van der Waals surface area contributed by atoms with Crippen LogP contribution >= 0.6 is 109 Å². The van der Waals surface area contributed by atoms with Gasteiger partial charge in [0.25, 0.3) is 0 Å². The van der Waals surface area contributed by atoms with Gasteiger partial charge in [-0.05, 0) is 81.6 Å². The summed E-state index contributed by atoms with van der Waals surface area (Å²) in [4.78, 5) is 2.53. The fraction of sp³-hybridized carbons (Fsp3) is 0.0667. The molecule has 0 amide bonds. The van der Waals surface area contributed by atoms with E-state index in [0.717, 1.165) is 14.5 Å². The Bertz CT molecular complexity index is 2160. The van der Waals surface area contributed by atoms with Gasteiger partial charge in [-0.3, -0.25) is 0 Å². The number of hydrogen-bond acceptors (Lipinski definition) is 4. The SMILES string of the molecule is CC#Cc1ccc(-c2sc3c(sc4cc5c(cc43)sc3c(Br)c(-c4ccc(C)cc4Br)sc35)c2Br)c(Br)c1. The van der Waals surface area contributed by atoms with Crippen LogP contribution in [0.1, 0.15) is 18.1 Å². The molecule has 0 unspecified atom stereocenters. The molecule has 0 aliphatic rings. The van der Waals surface area contributed by atoms with Gasteiger partial charge >= 0.3 is 0 Å². The summed E-state index contributed by atoms with van der Waals surface area (Å²) in [6, 6.07) is 17.7. The van der Waals surface area contributed by atoms with Crippen molar-refractivity contribution in [2.24, 2.45) is 0 Å². The van der Waals surface area contributed by atoms with Crippen LogP contribution in [0.5, 0.6) is 0 Å². The van der Waals surface area contributed by atoms with Gasteiger partial charge in [-0.25, -0.2) is 0 Å². The summed E-state index contributed by atoms with van der Waals surface area (Å²) < 4.78 is 12.6. The lowest BCUT2D eigenvalue weighted by atomic mass is 10.1. The van der Waals surface area contributed by atoms with E-state index in [1.54, 1.807) is 0 Å². The molecule has 0 aliphatic carbocycles. The first-order valence-electron chi connectivity index (χ1n) is 11.5. The van der Waals surface area contributed by atoms with Crippen molar-refractivity contribution in [2.45, 2.75) is 13.8 Å². The van der Waals surface area contributed by atoms with Crippen molar-refractivity contribution in [2.75, 3.05) is 0 Å². The van der Waals surface area contributed by atoms with Crippen molar-refractivity contribution in [3.63, 3.8) is 0 Å². The zero-order valence-electron chi connectivity index (χ0n) is 19.8. The molecule has 0 fully saturated rings. The zero-order chi connectivity index (χ0) is 26.3. The second-order valence-corrected chi connectivity index (χ2v) is 16.3. The normalized spacial score (nSPS) is 11.7. The molecule has 0 saturated heterocycles. The number of aryl methyl sites for hydroxylation is 1. The molecule has 4 heterocycles. The highest BCUT2D eigenvalue weighted by molar-refractivity contribution is 9.11. The highest BCUT2D eigenvalue weighted by Crippen LogP contribution is 2.54. The summed E-state index contributed by atoms with van der Waals surface area (Å²) in [7, 11) is 0. The highest BCUT2D eigenvalue weighted by Gasteiger charge is 2.22. The van der Waals surface area contributed by atoms with Crippen LogP contribution in [0.2, 0.25) is 0 Å². The summed E-state index contributed by atoms with van der Waals surface area (Å²) in [5, 5.41) is 2.68. The molecule has 186 valence electrons. The molecular weight excluding hydrogens is 808 g/mol. The molecule has 0 spiro atoms. The van der Waals surface area contributed by atoms with Crippen molar-refractivity contribution in [3.05, 3.63) is 77.5 Å². The van der Waals surface area contributed by atoms with Crippen LogP contribution in [0.4, 0.5) is 0 Å². The molecule has 3 aromatic carbocycles. The van der Waals surface area contributed by atoms with Crippen molar-refractivity contribution < 1.29 is 0 Å². The topological polar surface area (TPSA) is 0 Å². The molecule has 7 rings (SSSR count). The molecule has 0 radical (unpaired) electrons. The van der Waals surface area contributed by atoms with Crippen molar-refractivity contribution in [1.82, 2.24) is 0 Å². The van der Waals surface area contributed by atoms with Crippen LogP contribution in [-0.4, -0.2) is 0 Å². The Morgan fingerprint density at radius 3 is 1.63 bits per heavy atom. The lowest BCUT2D eigenvalue weighted by Crippen LogP contribution is -1.80. The number of halogens is 4. The lowest BCUT2D eigenvalue weighted by Gasteiger charge is -2.04. The van der Waals surface area contributed by atoms with Crippen molar-refractivity contribution >= 4 is 148 Å². The Balaban J connectivity index is 1.40. The van der Waals surface area contributed by atoms with Crippen molar-refractivity contribution in [1.29, 1.82) is 0 Å². The summed E-state index contributed by atoms with van der Waals surface area (Å²) in [5.74, 6) is 6.13. The maximum Gasteiger partial charge on any atom is 0.0612 e. The van der Waals surface area contributed by atoms with E-state index in [0.29, 0.717) is 0 Å². The van der Waals surface area contributed by atoms with E-state index < -0.39 is 0 Å². The van der Waals surface area contributed by atoms with E-state index in [1.807, 2.05) is 52.3 Å². The van der Waals surface area contributed by atoms with E-state index in [9.17, 15) is 0 Å². The van der Waals surface area contributed by atoms with Gasteiger partial charge in [-0.1, -0.05) is 56.0 Å². The second kappa shape index (κ2) is 9.81. The van der Waals surface area contributed by atoms with E-state index in [1.165, 1.54) is 74.4 Å².